The molecule has 0 radical (unpaired) electrons. The number of aromatic nitrogens is 2. The summed E-state index contributed by atoms with van der Waals surface area (Å²) in [6.45, 7) is 1.89. The molecule has 2 N–H and O–H groups in total. The molecule has 18 heavy (non-hydrogen) atoms. The van der Waals surface area contributed by atoms with Crippen molar-refractivity contribution in [2.75, 3.05) is 5.32 Å². The topological polar surface area (TPSA) is 75.1 Å². The predicted molar refractivity (Wildman–Crippen MR) is 68.5 cm³/mol. The first-order valence-electron chi connectivity index (χ1n) is 5.15. The quantitative estimate of drug-likeness (QED) is 0.833. The van der Waals surface area contributed by atoms with Gasteiger partial charge < -0.3 is 10.4 Å². The summed E-state index contributed by atoms with van der Waals surface area (Å²) < 4.78 is 0. The number of aryl methyl sites for hydroxylation is 1. The van der Waals surface area contributed by atoms with Crippen LogP contribution in [-0.2, 0) is 0 Å². The Hall–Kier alpha value is -2.14. The lowest BCUT2D eigenvalue weighted by Crippen LogP contribution is -2.05. The molecule has 0 aromatic carbocycles. The van der Waals surface area contributed by atoms with Crippen LogP contribution >= 0.6 is 11.6 Å². The molecule has 0 atom stereocenters. The van der Waals surface area contributed by atoms with Gasteiger partial charge in [-0.3, -0.25) is 4.98 Å². The van der Waals surface area contributed by atoms with Crippen LogP contribution in [0.3, 0.4) is 0 Å². The van der Waals surface area contributed by atoms with Gasteiger partial charge in [-0.1, -0.05) is 11.6 Å². The van der Waals surface area contributed by atoms with Crippen LogP contribution in [0.25, 0.3) is 0 Å². The Morgan fingerprint density at radius 2 is 2.17 bits per heavy atom. The van der Waals surface area contributed by atoms with Crippen molar-refractivity contribution in [1.82, 2.24) is 9.97 Å². The predicted octanol–water partition coefficient (Wildman–Crippen LogP) is 2.88. The van der Waals surface area contributed by atoms with E-state index in [-0.39, 0.29) is 16.5 Å². The first-order chi connectivity index (χ1) is 8.56. The fraction of sp³-hybridized carbons (Fsp3) is 0.0833. The van der Waals surface area contributed by atoms with E-state index in [2.05, 4.69) is 15.3 Å². The number of halogens is 1. The van der Waals surface area contributed by atoms with E-state index in [0.29, 0.717) is 5.69 Å². The number of pyridine rings is 2. The SMILES string of the molecule is Cc1cncc(Nc2nc(Cl)ccc2C(=O)O)c1. The third-order valence-corrected chi connectivity index (χ3v) is 2.44. The van der Waals surface area contributed by atoms with Crippen molar-refractivity contribution < 1.29 is 9.90 Å². The summed E-state index contributed by atoms with van der Waals surface area (Å²) in [5.41, 5.74) is 1.67. The minimum Gasteiger partial charge on any atom is -0.478 e. The van der Waals surface area contributed by atoms with E-state index in [1.165, 1.54) is 12.1 Å². The molecule has 0 aliphatic carbocycles. The van der Waals surface area contributed by atoms with Crippen LogP contribution in [0, 0.1) is 6.92 Å². The minimum absolute atomic E-state index is 0.0564. The Balaban J connectivity index is 2.39. The second-order valence-corrected chi connectivity index (χ2v) is 4.10. The van der Waals surface area contributed by atoms with Crippen molar-refractivity contribution in [1.29, 1.82) is 0 Å². The van der Waals surface area contributed by atoms with Crippen LogP contribution in [-0.4, -0.2) is 21.0 Å². The summed E-state index contributed by atoms with van der Waals surface area (Å²) in [6.07, 6.45) is 3.29. The van der Waals surface area contributed by atoms with Gasteiger partial charge in [-0.15, -0.1) is 0 Å². The second kappa shape index (κ2) is 5.01. The Bertz CT molecular complexity index is 602. The number of hydrogen-bond acceptors (Lipinski definition) is 4. The number of anilines is 2. The maximum Gasteiger partial charge on any atom is 0.339 e. The van der Waals surface area contributed by atoms with Gasteiger partial charge in [0.15, 0.2) is 0 Å². The minimum atomic E-state index is -1.07. The molecule has 0 saturated carbocycles. The average molecular weight is 264 g/mol. The summed E-state index contributed by atoms with van der Waals surface area (Å²) in [5.74, 6) is -0.871. The highest BCUT2D eigenvalue weighted by Crippen LogP contribution is 2.21. The highest BCUT2D eigenvalue weighted by molar-refractivity contribution is 6.29. The first kappa shape index (κ1) is 12.3. The third kappa shape index (κ3) is 2.75. The lowest BCUT2D eigenvalue weighted by atomic mass is 10.2. The number of rotatable bonds is 3. The number of carbonyl (C=O) groups is 1. The molecule has 0 saturated heterocycles. The summed E-state index contributed by atoms with van der Waals surface area (Å²) in [5, 5.41) is 12.2. The lowest BCUT2D eigenvalue weighted by Gasteiger charge is -2.08. The van der Waals surface area contributed by atoms with Gasteiger partial charge in [0.25, 0.3) is 0 Å². The van der Waals surface area contributed by atoms with Gasteiger partial charge in [0, 0.05) is 6.20 Å². The zero-order chi connectivity index (χ0) is 13.1. The number of carboxylic acids is 1. The highest BCUT2D eigenvalue weighted by atomic mass is 35.5. The summed E-state index contributed by atoms with van der Waals surface area (Å²) in [7, 11) is 0. The molecule has 2 aromatic rings. The molecule has 5 nitrogen and oxygen atoms in total. The van der Waals surface area contributed by atoms with Crippen molar-refractivity contribution in [2.24, 2.45) is 0 Å². The fourth-order valence-corrected chi connectivity index (χ4v) is 1.61. The number of nitrogens with zero attached hydrogens (tertiary/aromatic N) is 2. The van der Waals surface area contributed by atoms with E-state index < -0.39 is 5.97 Å². The molecule has 0 fully saturated rings. The van der Waals surface area contributed by atoms with Gasteiger partial charge >= 0.3 is 5.97 Å². The van der Waals surface area contributed by atoms with Crippen molar-refractivity contribution in [2.45, 2.75) is 6.92 Å². The Kier molecular flexibility index (Phi) is 3.43. The fourth-order valence-electron chi connectivity index (χ4n) is 1.46. The number of carboxylic acid groups (broad SMARTS) is 1. The molecule has 2 aromatic heterocycles. The zero-order valence-corrected chi connectivity index (χ0v) is 10.3. The number of nitrogens with one attached hydrogen (secondary N) is 1. The molecule has 92 valence electrons. The molecular weight excluding hydrogens is 254 g/mol. The van der Waals surface area contributed by atoms with Gasteiger partial charge in [-0.05, 0) is 30.7 Å². The van der Waals surface area contributed by atoms with Crippen LogP contribution in [0.4, 0.5) is 11.5 Å². The third-order valence-electron chi connectivity index (χ3n) is 2.23. The smallest absolute Gasteiger partial charge is 0.339 e. The summed E-state index contributed by atoms with van der Waals surface area (Å²) >= 11 is 5.76. The molecule has 2 heterocycles. The molecular formula is C12H10ClN3O2. The van der Waals surface area contributed by atoms with E-state index in [9.17, 15) is 4.79 Å². The molecule has 0 amide bonds. The summed E-state index contributed by atoms with van der Waals surface area (Å²) in [4.78, 5) is 19.0. The van der Waals surface area contributed by atoms with E-state index >= 15 is 0 Å². The second-order valence-electron chi connectivity index (χ2n) is 3.71. The van der Waals surface area contributed by atoms with E-state index in [1.807, 2.05) is 13.0 Å². The maximum absolute atomic E-state index is 11.1. The maximum atomic E-state index is 11.1. The van der Waals surface area contributed by atoms with Gasteiger partial charge in [0.05, 0.1) is 11.9 Å². The van der Waals surface area contributed by atoms with Gasteiger partial charge in [-0.25, -0.2) is 9.78 Å². The van der Waals surface area contributed by atoms with Crippen molar-refractivity contribution >= 4 is 29.1 Å². The average Bonchev–Trinajstić information content (AvgIpc) is 2.28. The van der Waals surface area contributed by atoms with Gasteiger partial charge in [-0.2, -0.15) is 0 Å². The lowest BCUT2D eigenvalue weighted by molar-refractivity contribution is 0.0697. The van der Waals surface area contributed by atoms with E-state index in [0.717, 1.165) is 5.56 Å². The monoisotopic (exact) mass is 263 g/mol. The molecule has 0 spiro atoms. The van der Waals surface area contributed by atoms with Gasteiger partial charge in [0.2, 0.25) is 0 Å². The normalized spacial score (nSPS) is 10.1. The van der Waals surface area contributed by atoms with Crippen LogP contribution in [0.15, 0.2) is 30.6 Å². The largest absolute Gasteiger partial charge is 0.478 e. The zero-order valence-electron chi connectivity index (χ0n) is 9.51. The molecule has 0 bridgehead atoms. The Labute approximate surface area is 108 Å². The Morgan fingerprint density at radius 3 is 2.83 bits per heavy atom. The molecule has 0 unspecified atom stereocenters. The van der Waals surface area contributed by atoms with Crippen LogP contribution < -0.4 is 5.32 Å². The summed E-state index contributed by atoms with van der Waals surface area (Å²) in [6, 6.07) is 4.68. The molecule has 0 aliphatic heterocycles. The van der Waals surface area contributed by atoms with Gasteiger partial charge in [0.1, 0.15) is 16.5 Å². The number of hydrogen-bond donors (Lipinski definition) is 2. The van der Waals surface area contributed by atoms with E-state index in [4.69, 9.17) is 16.7 Å². The standard InChI is InChI=1S/C12H10ClN3O2/c1-7-4-8(6-14-5-7)15-11-9(12(17)18)2-3-10(13)16-11/h2-6H,1H3,(H,15,16)(H,17,18). The van der Waals surface area contributed by atoms with Crippen molar-refractivity contribution in [3.05, 3.63) is 46.9 Å². The first-order valence-corrected chi connectivity index (χ1v) is 5.52. The molecule has 2 rings (SSSR count). The van der Waals surface area contributed by atoms with Crippen molar-refractivity contribution in [3.8, 4) is 0 Å². The van der Waals surface area contributed by atoms with E-state index in [1.54, 1.807) is 12.4 Å². The Morgan fingerprint density at radius 1 is 1.39 bits per heavy atom. The van der Waals surface area contributed by atoms with Crippen molar-refractivity contribution in [3.63, 3.8) is 0 Å². The molecule has 6 heteroatoms. The van der Waals surface area contributed by atoms with Crippen LogP contribution in [0.5, 0.6) is 0 Å². The van der Waals surface area contributed by atoms with Crippen LogP contribution in [0.2, 0.25) is 5.15 Å². The molecule has 0 aliphatic rings. The van der Waals surface area contributed by atoms with Crippen LogP contribution in [0.1, 0.15) is 15.9 Å². The highest BCUT2D eigenvalue weighted by Gasteiger charge is 2.12. The number of aromatic carboxylic acids is 1.